The van der Waals surface area contributed by atoms with E-state index in [1.807, 2.05) is 25.1 Å². The van der Waals surface area contributed by atoms with Crippen molar-refractivity contribution in [3.8, 4) is 5.75 Å². The molecule has 90 valence electrons. The lowest BCUT2D eigenvalue weighted by Gasteiger charge is -2.19. The Hall–Kier alpha value is -0.580. The van der Waals surface area contributed by atoms with Gasteiger partial charge in [-0.15, -0.1) is 0 Å². The number of halogens is 1. The van der Waals surface area contributed by atoms with Crippen LogP contribution in [-0.4, -0.2) is 24.9 Å². The topological polar surface area (TPSA) is 41.5 Å². The second-order valence-electron chi connectivity index (χ2n) is 3.87. The first kappa shape index (κ1) is 13.5. The molecule has 0 fully saturated rings. The number of nitrogens with one attached hydrogen (secondary N) is 1. The van der Waals surface area contributed by atoms with Gasteiger partial charge in [0, 0.05) is 12.1 Å². The Balaban J connectivity index is 2.76. The summed E-state index contributed by atoms with van der Waals surface area (Å²) in [7, 11) is 1.65. The Morgan fingerprint density at radius 3 is 2.62 bits per heavy atom. The molecule has 0 amide bonds. The SMILES string of the molecule is COc1ccc(C(C)N[C@@H](C)CO)cc1Br. The molecule has 1 aromatic rings. The quantitative estimate of drug-likeness (QED) is 0.874. The van der Waals surface area contributed by atoms with E-state index >= 15 is 0 Å². The maximum Gasteiger partial charge on any atom is 0.133 e. The van der Waals surface area contributed by atoms with E-state index in [0.717, 1.165) is 15.8 Å². The third-order valence-electron chi connectivity index (χ3n) is 2.48. The summed E-state index contributed by atoms with van der Waals surface area (Å²) < 4.78 is 6.12. The van der Waals surface area contributed by atoms with Crippen LogP contribution in [-0.2, 0) is 0 Å². The molecule has 2 atom stereocenters. The van der Waals surface area contributed by atoms with E-state index in [4.69, 9.17) is 9.84 Å². The molecule has 1 unspecified atom stereocenters. The smallest absolute Gasteiger partial charge is 0.133 e. The number of hydrogen-bond acceptors (Lipinski definition) is 3. The minimum Gasteiger partial charge on any atom is -0.496 e. The van der Waals surface area contributed by atoms with Crippen LogP contribution in [0, 0.1) is 0 Å². The van der Waals surface area contributed by atoms with E-state index in [2.05, 4.69) is 28.2 Å². The first-order valence-electron chi connectivity index (χ1n) is 5.28. The molecule has 0 aliphatic heterocycles. The molecule has 16 heavy (non-hydrogen) atoms. The lowest BCUT2D eigenvalue weighted by atomic mass is 10.1. The van der Waals surface area contributed by atoms with E-state index < -0.39 is 0 Å². The standard InChI is InChI=1S/C12H18BrNO2/c1-8(7-15)14-9(2)10-4-5-12(16-3)11(13)6-10/h4-6,8-9,14-15H,7H2,1-3H3/t8-,9?/m0/s1. The van der Waals surface area contributed by atoms with Crippen molar-refractivity contribution in [1.29, 1.82) is 0 Å². The molecule has 0 saturated carbocycles. The second kappa shape index (κ2) is 6.23. The number of aliphatic hydroxyl groups is 1. The van der Waals surface area contributed by atoms with Gasteiger partial charge in [-0.3, -0.25) is 0 Å². The fourth-order valence-corrected chi connectivity index (χ4v) is 2.09. The largest absolute Gasteiger partial charge is 0.496 e. The van der Waals surface area contributed by atoms with Crippen molar-refractivity contribution in [3.05, 3.63) is 28.2 Å². The van der Waals surface area contributed by atoms with Crippen LogP contribution in [0.5, 0.6) is 5.75 Å². The molecular formula is C12H18BrNO2. The Labute approximate surface area is 105 Å². The van der Waals surface area contributed by atoms with Crippen LogP contribution in [0.3, 0.4) is 0 Å². The maximum atomic E-state index is 8.98. The average molecular weight is 288 g/mol. The highest BCUT2D eigenvalue weighted by atomic mass is 79.9. The zero-order chi connectivity index (χ0) is 12.1. The molecule has 0 radical (unpaired) electrons. The molecule has 1 aromatic carbocycles. The van der Waals surface area contributed by atoms with Gasteiger partial charge in [-0.2, -0.15) is 0 Å². The van der Waals surface area contributed by atoms with Crippen LogP contribution in [0.25, 0.3) is 0 Å². The maximum absolute atomic E-state index is 8.98. The van der Waals surface area contributed by atoms with Gasteiger partial charge in [0.1, 0.15) is 5.75 Å². The second-order valence-corrected chi connectivity index (χ2v) is 4.72. The zero-order valence-electron chi connectivity index (χ0n) is 9.83. The predicted molar refractivity (Wildman–Crippen MR) is 68.8 cm³/mol. The van der Waals surface area contributed by atoms with Crippen LogP contribution in [0.2, 0.25) is 0 Å². The normalized spacial score (nSPS) is 14.6. The van der Waals surface area contributed by atoms with Gasteiger partial charge in [0.25, 0.3) is 0 Å². The molecule has 0 aliphatic rings. The summed E-state index contributed by atoms with van der Waals surface area (Å²) in [6, 6.07) is 6.27. The fourth-order valence-electron chi connectivity index (χ4n) is 1.53. The average Bonchev–Trinajstić information content (AvgIpc) is 2.28. The molecular weight excluding hydrogens is 270 g/mol. The van der Waals surface area contributed by atoms with Crippen molar-refractivity contribution < 1.29 is 9.84 Å². The van der Waals surface area contributed by atoms with Gasteiger partial charge in [0.15, 0.2) is 0 Å². The van der Waals surface area contributed by atoms with Crippen molar-refractivity contribution in [3.63, 3.8) is 0 Å². The molecule has 0 bridgehead atoms. The van der Waals surface area contributed by atoms with Crippen LogP contribution in [0.1, 0.15) is 25.5 Å². The van der Waals surface area contributed by atoms with E-state index in [9.17, 15) is 0 Å². The lowest BCUT2D eigenvalue weighted by molar-refractivity contribution is 0.243. The van der Waals surface area contributed by atoms with Crippen LogP contribution in [0.15, 0.2) is 22.7 Å². The van der Waals surface area contributed by atoms with Gasteiger partial charge in [-0.1, -0.05) is 6.07 Å². The van der Waals surface area contributed by atoms with Gasteiger partial charge in [-0.05, 0) is 47.5 Å². The molecule has 0 aromatic heterocycles. The highest BCUT2D eigenvalue weighted by Gasteiger charge is 2.10. The Morgan fingerprint density at radius 1 is 1.44 bits per heavy atom. The fraction of sp³-hybridized carbons (Fsp3) is 0.500. The summed E-state index contributed by atoms with van der Waals surface area (Å²) in [4.78, 5) is 0. The van der Waals surface area contributed by atoms with Crippen LogP contribution in [0.4, 0.5) is 0 Å². The minimum absolute atomic E-state index is 0.0934. The number of rotatable bonds is 5. The van der Waals surface area contributed by atoms with E-state index in [1.165, 1.54) is 0 Å². The number of benzene rings is 1. The van der Waals surface area contributed by atoms with Crippen molar-refractivity contribution in [2.45, 2.75) is 25.9 Å². The van der Waals surface area contributed by atoms with E-state index in [0.29, 0.717) is 0 Å². The van der Waals surface area contributed by atoms with Crippen molar-refractivity contribution in [2.75, 3.05) is 13.7 Å². The molecule has 1 rings (SSSR count). The minimum atomic E-state index is 0.0934. The molecule has 0 saturated heterocycles. The van der Waals surface area contributed by atoms with E-state index in [1.54, 1.807) is 7.11 Å². The molecule has 2 N–H and O–H groups in total. The lowest BCUT2D eigenvalue weighted by Crippen LogP contribution is -2.31. The van der Waals surface area contributed by atoms with Crippen molar-refractivity contribution >= 4 is 15.9 Å². The first-order valence-corrected chi connectivity index (χ1v) is 6.08. The summed E-state index contributed by atoms with van der Waals surface area (Å²) >= 11 is 3.46. The van der Waals surface area contributed by atoms with Gasteiger partial charge < -0.3 is 15.2 Å². The van der Waals surface area contributed by atoms with Crippen molar-refractivity contribution in [2.24, 2.45) is 0 Å². The summed E-state index contributed by atoms with van der Waals surface area (Å²) in [5, 5.41) is 12.3. The molecule has 0 spiro atoms. The van der Waals surface area contributed by atoms with Gasteiger partial charge in [0.05, 0.1) is 18.2 Å². The number of hydrogen-bond donors (Lipinski definition) is 2. The zero-order valence-corrected chi connectivity index (χ0v) is 11.4. The summed E-state index contributed by atoms with van der Waals surface area (Å²) in [6.07, 6.45) is 0. The highest BCUT2D eigenvalue weighted by molar-refractivity contribution is 9.10. The van der Waals surface area contributed by atoms with E-state index in [-0.39, 0.29) is 18.7 Å². The van der Waals surface area contributed by atoms with Gasteiger partial charge in [0.2, 0.25) is 0 Å². The highest BCUT2D eigenvalue weighted by Crippen LogP contribution is 2.28. The molecule has 0 heterocycles. The molecule has 4 heteroatoms. The predicted octanol–water partition coefficient (Wildman–Crippen LogP) is 2.49. The summed E-state index contributed by atoms with van der Waals surface area (Å²) in [5.74, 6) is 0.825. The number of aliphatic hydroxyl groups excluding tert-OH is 1. The Bertz CT molecular complexity index is 344. The summed E-state index contributed by atoms with van der Waals surface area (Å²) in [5.41, 5.74) is 1.16. The Morgan fingerprint density at radius 2 is 2.12 bits per heavy atom. The third kappa shape index (κ3) is 3.47. The van der Waals surface area contributed by atoms with Crippen LogP contribution < -0.4 is 10.1 Å². The number of methoxy groups -OCH3 is 1. The first-order chi connectivity index (χ1) is 7.58. The molecule has 3 nitrogen and oxygen atoms in total. The number of ether oxygens (including phenoxy) is 1. The van der Waals surface area contributed by atoms with Gasteiger partial charge in [-0.25, -0.2) is 0 Å². The summed E-state index contributed by atoms with van der Waals surface area (Å²) in [6.45, 7) is 4.16. The van der Waals surface area contributed by atoms with Gasteiger partial charge >= 0.3 is 0 Å². The third-order valence-corrected chi connectivity index (χ3v) is 3.10. The monoisotopic (exact) mass is 287 g/mol. The Kier molecular flexibility index (Phi) is 5.25. The van der Waals surface area contributed by atoms with Crippen molar-refractivity contribution in [1.82, 2.24) is 5.32 Å². The van der Waals surface area contributed by atoms with Crippen LogP contribution >= 0.6 is 15.9 Å². The molecule has 0 aliphatic carbocycles.